The number of aliphatic carboxylic acids is 1. The van der Waals surface area contributed by atoms with Gasteiger partial charge in [-0.3, -0.25) is 14.4 Å². The number of likely N-dealkylation sites (N-methyl/N-ethyl adjacent to an activating group) is 1. The summed E-state index contributed by atoms with van der Waals surface area (Å²) in [5, 5.41) is 11.0. The van der Waals surface area contributed by atoms with Crippen molar-refractivity contribution in [1.82, 2.24) is 5.32 Å². The molecule has 0 saturated carbocycles. The second kappa shape index (κ2) is 6.61. The molecule has 0 radical (unpaired) electrons. The highest BCUT2D eigenvalue weighted by Gasteiger charge is 2.29. The first-order valence-corrected chi connectivity index (χ1v) is 6.29. The molecule has 0 aliphatic carbocycles. The topological polar surface area (TPSA) is 92.7 Å². The SMILES string of the molecule is CN[C@@H](CSC1CCOC1=O)C(=O)CC(=O)O. The molecular weight excluding hydrogens is 246 g/mol. The van der Waals surface area contributed by atoms with Gasteiger partial charge in [0.1, 0.15) is 11.7 Å². The number of hydrogen-bond donors (Lipinski definition) is 2. The Morgan fingerprint density at radius 1 is 1.65 bits per heavy atom. The summed E-state index contributed by atoms with van der Waals surface area (Å²) in [5.41, 5.74) is 0. The zero-order chi connectivity index (χ0) is 12.8. The molecule has 1 rings (SSSR count). The molecule has 1 aliphatic rings. The number of Topliss-reactive ketones (excluding diaryl/α,β-unsaturated/α-hetero) is 1. The van der Waals surface area contributed by atoms with Crippen LogP contribution in [-0.2, 0) is 19.1 Å². The van der Waals surface area contributed by atoms with Crippen LogP contribution >= 0.6 is 11.8 Å². The number of esters is 1. The van der Waals surface area contributed by atoms with Crippen molar-refractivity contribution in [2.75, 3.05) is 19.4 Å². The van der Waals surface area contributed by atoms with Gasteiger partial charge >= 0.3 is 11.9 Å². The van der Waals surface area contributed by atoms with E-state index in [9.17, 15) is 14.4 Å². The summed E-state index contributed by atoms with van der Waals surface area (Å²) < 4.78 is 4.80. The number of carbonyl (C=O) groups excluding carboxylic acids is 2. The molecule has 2 N–H and O–H groups in total. The minimum atomic E-state index is -1.14. The van der Waals surface area contributed by atoms with E-state index in [2.05, 4.69) is 5.32 Å². The van der Waals surface area contributed by atoms with Crippen molar-refractivity contribution in [2.24, 2.45) is 0 Å². The minimum absolute atomic E-state index is 0.233. The Hall–Kier alpha value is -1.08. The fourth-order valence-corrected chi connectivity index (χ4v) is 2.69. The van der Waals surface area contributed by atoms with E-state index in [1.807, 2.05) is 0 Å². The van der Waals surface area contributed by atoms with Crippen LogP contribution in [0.2, 0.25) is 0 Å². The molecule has 0 aromatic carbocycles. The number of nitrogens with one attached hydrogen (secondary N) is 1. The molecule has 0 bridgehead atoms. The molecule has 0 spiro atoms. The van der Waals surface area contributed by atoms with Crippen LogP contribution in [0.3, 0.4) is 0 Å². The van der Waals surface area contributed by atoms with Crippen molar-refractivity contribution in [3.05, 3.63) is 0 Å². The normalized spacial score (nSPS) is 21.0. The van der Waals surface area contributed by atoms with E-state index < -0.39 is 18.4 Å². The van der Waals surface area contributed by atoms with Crippen molar-refractivity contribution in [3.63, 3.8) is 0 Å². The van der Waals surface area contributed by atoms with Crippen molar-refractivity contribution >= 4 is 29.5 Å². The Bertz CT molecular complexity index is 320. The van der Waals surface area contributed by atoms with Gasteiger partial charge in [-0.05, 0) is 7.05 Å². The molecule has 17 heavy (non-hydrogen) atoms. The van der Waals surface area contributed by atoms with E-state index >= 15 is 0 Å². The van der Waals surface area contributed by atoms with Crippen LogP contribution in [0, 0.1) is 0 Å². The van der Waals surface area contributed by atoms with E-state index in [4.69, 9.17) is 9.84 Å². The molecule has 1 fully saturated rings. The molecule has 1 aliphatic heterocycles. The largest absolute Gasteiger partial charge is 0.481 e. The van der Waals surface area contributed by atoms with Gasteiger partial charge in [0.05, 0.1) is 12.6 Å². The summed E-state index contributed by atoms with van der Waals surface area (Å²) in [6.45, 7) is 0.420. The van der Waals surface area contributed by atoms with Crippen molar-refractivity contribution in [3.8, 4) is 0 Å². The Kier molecular flexibility index (Phi) is 5.43. The Morgan fingerprint density at radius 2 is 2.35 bits per heavy atom. The number of carboxylic acids is 1. The number of thioether (sulfide) groups is 1. The minimum Gasteiger partial charge on any atom is -0.481 e. The van der Waals surface area contributed by atoms with Gasteiger partial charge in [0.15, 0.2) is 5.78 Å². The van der Waals surface area contributed by atoms with E-state index in [0.29, 0.717) is 18.8 Å². The maximum absolute atomic E-state index is 11.5. The molecule has 6 nitrogen and oxygen atoms in total. The van der Waals surface area contributed by atoms with Crippen LogP contribution in [0.1, 0.15) is 12.8 Å². The summed E-state index contributed by atoms with van der Waals surface area (Å²) in [6, 6.07) is -0.538. The van der Waals surface area contributed by atoms with Crippen molar-refractivity contribution in [1.29, 1.82) is 0 Å². The number of hydrogen-bond acceptors (Lipinski definition) is 6. The zero-order valence-corrected chi connectivity index (χ0v) is 10.3. The van der Waals surface area contributed by atoms with Gasteiger partial charge < -0.3 is 15.2 Å². The first-order chi connectivity index (χ1) is 8.04. The molecule has 0 aromatic rings. The molecular formula is C10H15NO5S. The summed E-state index contributed by atoms with van der Waals surface area (Å²) in [5.74, 6) is -1.39. The molecule has 2 atom stereocenters. The predicted molar refractivity (Wildman–Crippen MR) is 61.9 cm³/mol. The first kappa shape index (κ1) is 14.0. The smallest absolute Gasteiger partial charge is 0.319 e. The van der Waals surface area contributed by atoms with Crippen LogP contribution in [0.15, 0.2) is 0 Å². The lowest BCUT2D eigenvalue weighted by molar-refractivity contribution is -0.141. The fourth-order valence-electron chi connectivity index (χ4n) is 1.45. The second-order valence-electron chi connectivity index (χ2n) is 3.66. The van der Waals surface area contributed by atoms with E-state index in [1.54, 1.807) is 7.05 Å². The van der Waals surface area contributed by atoms with Gasteiger partial charge in [0.25, 0.3) is 0 Å². The van der Waals surface area contributed by atoms with Gasteiger partial charge in [-0.15, -0.1) is 11.8 Å². The average molecular weight is 261 g/mol. The third-order valence-electron chi connectivity index (χ3n) is 2.41. The number of carbonyl (C=O) groups is 3. The lowest BCUT2D eigenvalue weighted by Gasteiger charge is -2.14. The molecule has 7 heteroatoms. The van der Waals surface area contributed by atoms with Crippen LogP contribution in [0.25, 0.3) is 0 Å². The van der Waals surface area contributed by atoms with Crippen molar-refractivity contribution < 1.29 is 24.2 Å². The quantitative estimate of drug-likeness (QED) is 0.478. The number of ether oxygens (including phenoxy) is 1. The van der Waals surface area contributed by atoms with Crippen LogP contribution in [0.5, 0.6) is 0 Å². The van der Waals surface area contributed by atoms with Crippen LogP contribution in [-0.4, -0.2) is 53.5 Å². The van der Waals surface area contributed by atoms with Crippen LogP contribution in [0.4, 0.5) is 0 Å². The van der Waals surface area contributed by atoms with Crippen molar-refractivity contribution in [2.45, 2.75) is 24.1 Å². The standard InChI is InChI=1S/C10H15NO5S/c1-11-6(7(12)4-9(13)14)5-17-8-2-3-16-10(8)15/h6,8,11H,2-5H2,1H3,(H,13,14)/t6-,8?/m0/s1. The zero-order valence-electron chi connectivity index (χ0n) is 9.47. The molecule has 0 amide bonds. The summed E-state index contributed by atoms with van der Waals surface area (Å²) in [4.78, 5) is 33.1. The number of cyclic esters (lactones) is 1. The fraction of sp³-hybridized carbons (Fsp3) is 0.700. The molecule has 1 saturated heterocycles. The Morgan fingerprint density at radius 3 is 2.82 bits per heavy atom. The molecule has 0 aromatic heterocycles. The van der Waals surface area contributed by atoms with Gasteiger partial charge in [-0.2, -0.15) is 0 Å². The van der Waals surface area contributed by atoms with Gasteiger partial charge in [0.2, 0.25) is 0 Å². The number of carboxylic acid groups (broad SMARTS) is 1. The second-order valence-corrected chi connectivity index (χ2v) is 4.89. The summed E-state index contributed by atoms with van der Waals surface area (Å²) in [6.07, 6.45) is 0.147. The van der Waals surface area contributed by atoms with Crippen LogP contribution < -0.4 is 5.32 Å². The number of rotatable bonds is 7. The van der Waals surface area contributed by atoms with E-state index in [-0.39, 0.29) is 17.0 Å². The third kappa shape index (κ3) is 4.35. The summed E-state index contributed by atoms with van der Waals surface area (Å²) >= 11 is 1.33. The Balaban J connectivity index is 2.38. The van der Waals surface area contributed by atoms with E-state index in [0.717, 1.165) is 0 Å². The maximum atomic E-state index is 11.5. The molecule has 96 valence electrons. The highest BCUT2D eigenvalue weighted by atomic mass is 32.2. The predicted octanol–water partition coefficient (Wildman–Crippen LogP) is -0.333. The van der Waals surface area contributed by atoms with Gasteiger partial charge in [-0.25, -0.2) is 0 Å². The molecule has 1 heterocycles. The summed E-state index contributed by atoms with van der Waals surface area (Å²) in [7, 11) is 1.60. The first-order valence-electron chi connectivity index (χ1n) is 5.24. The maximum Gasteiger partial charge on any atom is 0.319 e. The monoisotopic (exact) mass is 261 g/mol. The lowest BCUT2D eigenvalue weighted by atomic mass is 10.1. The van der Waals surface area contributed by atoms with E-state index in [1.165, 1.54) is 11.8 Å². The Labute approximate surface area is 103 Å². The highest BCUT2D eigenvalue weighted by Crippen LogP contribution is 2.22. The lowest BCUT2D eigenvalue weighted by Crippen LogP contribution is -2.38. The third-order valence-corrected chi connectivity index (χ3v) is 3.77. The number of ketones is 1. The molecule has 1 unspecified atom stereocenters. The highest BCUT2D eigenvalue weighted by molar-refractivity contribution is 8.00. The van der Waals surface area contributed by atoms with Gasteiger partial charge in [0, 0.05) is 12.2 Å². The van der Waals surface area contributed by atoms with Gasteiger partial charge in [-0.1, -0.05) is 0 Å². The average Bonchev–Trinajstić information content (AvgIpc) is 2.64.